The minimum atomic E-state index is -0.801. The summed E-state index contributed by atoms with van der Waals surface area (Å²) in [5.41, 5.74) is 6.48. The van der Waals surface area contributed by atoms with Crippen molar-refractivity contribution < 1.29 is 4.55 Å². The van der Waals surface area contributed by atoms with Crippen molar-refractivity contribution in [2.45, 2.75) is 17.7 Å². The SMILES string of the molecule is [O-][S+]1CCc2c(-c3cccc4c3NCC4)cccc21. The quantitative estimate of drug-likeness (QED) is 0.808. The summed E-state index contributed by atoms with van der Waals surface area (Å²) < 4.78 is 12.0. The van der Waals surface area contributed by atoms with E-state index in [0.717, 1.165) is 30.0 Å². The van der Waals surface area contributed by atoms with Crippen molar-refractivity contribution in [1.82, 2.24) is 0 Å². The molecule has 96 valence electrons. The topological polar surface area (TPSA) is 35.1 Å². The maximum atomic E-state index is 12.0. The van der Waals surface area contributed by atoms with E-state index in [1.807, 2.05) is 12.1 Å². The zero-order valence-corrected chi connectivity index (χ0v) is 11.4. The van der Waals surface area contributed by atoms with Gasteiger partial charge < -0.3 is 9.87 Å². The van der Waals surface area contributed by atoms with Gasteiger partial charge >= 0.3 is 0 Å². The molecule has 0 fully saturated rings. The van der Waals surface area contributed by atoms with Gasteiger partial charge in [-0.2, -0.15) is 0 Å². The van der Waals surface area contributed by atoms with Crippen LogP contribution in [0.25, 0.3) is 11.1 Å². The molecule has 0 radical (unpaired) electrons. The lowest BCUT2D eigenvalue weighted by molar-refractivity contribution is 0.599. The second kappa shape index (κ2) is 4.29. The first kappa shape index (κ1) is 11.4. The van der Waals surface area contributed by atoms with E-state index in [9.17, 15) is 4.55 Å². The summed E-state index contributed by atoms with van der Waals surface area (Å²) in [5.74, 6) is 0.773. The highest BCUT2D eigenvalue weighted by Gasteiger charge is 2.28. The Bertz CT molecular complexity index is 653. The number of hydrogen-bond donors (Lipinski definition) is 1. The van der Waals surface area contributed by atoms with Crippen molar-refractivity contribution in [3.63, 3.8) is 0 Å². The number of fused-ring (bicyclic) bond motifs is 2. The predicted molar refractivity (Wildman–Crippen MR) is 79.1 cm³/mol. The lowest BCUT2D eigenvalue weighted by Crippen LogP contribution is -1.98. The summed E-state index contributed by atoms with van der Waals surface area (Å²) >= 11 is -0.801. The zero-order chi connectivity index (χ0) is 12.8. The highest BCUT2D eigenvalue weighted by molar-refractivity contribution is 7.91. The van der Waals surface area contributed by atoms with E-state index in [1.165, 1.54) is 27.9 Å². The monoisotopic (exact) mass is 269 g/mol. The van der Waals surface area contributed by atoms with Gasteiger partial charge in [0.2, 0.25) is 0 Å². The summed E-state index contributed by atoms with van der Waals surface area (Å²) in [7, 11) is 0. The molecule has 19 heavy (non-hydrogen) atoms. The molecule has 0 aromatic heterocycles. The highest BCUT2D eigenvalue weighted by atomic mass is 32.2. The Hall–Kier alpha value is -1.45. The van der Waals surface area contributed by atoms with Gasteiger partial charge in [-0.05, 0) is 34.8 Å². The molecule has 2 aliphatic heterocycles. The van der Waals surface area contributed by atoms with Crippen LogP contribution >= 0.6 is 0 Å². The number of benzene rings is 2. The van der Waals surface area contributed by atoms with Crippen LogP contribution in [0.15, 0.2) is 41.3 Å². The average molecular weight is 269 g/mol. The minimum absolute atomic E-state index is 0.773. The van der Waals surface area contributed by atoms with Crippen LogP contribution in [0.4, 0.5) is 5.69 Å². The molecule has 1 atom stereocenters. The molecule has 0 aliphatic carbocycles. The van der Waals surface area contributed by atoms with E-state index in [2.05, 4.69) is 29.6 Å². The van der Waals surface area contributed by atoms with Gasteiger partial charge in [0, 0.05) is 29.8 Å². The van der Waals surface area contributed by atoms with Crippen LogP contribution in [0.5, 0.6) is 0 Å². The fraction of sp³-hybridized carbons (Fsp3) is 0.250. The summed E-state index contributed by atoms with van der Waals surface area (Å²) in [6.45, 7) is 1.02. The van der Waals surface area contributed by atoms with E-state index in [4.69, 9.17) is 0 Å². The Kier molecular flexibility index (Phi) is 2.57. The predicted octanol–water partition coefficient (Wildman–Crippen LogP) is 2.99. The molecule has 0 saturated carbocycles. The molecule has 1 unspecified atom stereocenters. The molecule has 2 heterocycles. The Morgan fingerprint density at radius 3 is 2.79 bits per heavy atom. The molecule has 2 aromatic carbocycles. The van der Waals surface area contributed by atoms with Gasteiger partial charge in [-0.25, -0.2) is 0 Å². The van der Waals surface area contributed by atoms with Crippen molar-refractivity contribution in [1.29, 1.82) is 0 Å². The lowest BCUT2D eigenvalue weighted by Gasteiger charge is -2.12. The second-order valence-corrected chi connectivity index (χ2v) is 6.64. The molecule has 0 spiro atoms. The Balaban J connectivity index is 1.93. The number of para-hydroxylation sites is 1. The summed E-state index contributed by atoms with van der Waals surface area (Å²) in [4.78, 5) is 1.04. The second-order valence-electron chi connectivity index (χ2n) is 5.10. The largest absolute Gasteiger partial charge is 0.611 e. The van der Waals surface area contributed by atoms with Crippen LogP contribution in [0, 0.1) is 0 Å². The summed E-state index contributed by atoms with van der Waals surface area (Å²) in [5, 5.41) is 3.49. The normalized spacial score (nSPS) is 19.9. The van der Waals surface area contributed by atoms with Crippen molar-refractivity contribution in [3.05, 3.63) is 47.5 Å². The van der Waals surface area contributed by atoms with Crippen LogP contribution in [0.1, 0.15) is 11.1 Å². The molecule has 0 amide bonds. The van der Waals surface area contributed by atoms with Crippen LogP contribution < -0.4 is 5.32 Å². The van der Waals surface area contributed by atoms with Gasteiger partial charge in [0.1, 0.15) is 5.75 Å². The highest BCUT2D eigenvalue weighted by Crippen LogP contribution is 2.40. The third kappa shape index (κ3) is 1.69. The number of nitrogens with one attached hydrogen (secondary N) is 1. The van der Waals surface area contributed by atoms with Gasteiger partial charge in [-0.3, -0.25) is 0 Å². The molecule has 1 N–H and O–H groups in total. The molecule has 3 heteroatoms. The van der Waals surface area contributed by atoms with Crippen LogP contribution in [0.2, 0.25) is 0 Å². The van der Waals surface area contributed by atoms with Crippen molar-refractivity contribution in [3.8, 4) is 11.1 Å². The third-order valence-corrected chi connectivity index (χ3v) is 5.50. The molecular formula is C16H15NOS. The van der Waals surface area contributed by atoms with E-state index >= 15 is 0 Å². The fourth-order valence-electron chi connectivity index (χ4n) is 3.16. The molecule has 2 aliphatic rings. The standard InChI is InChI=1S/C16H15NOS/c18-19-10-8-13-12(4-2-6-15(13)19)14-5-1-3-11-7-9-17-16(11)14/h1-6,17H,7-10H2. The van der Waals surface area contributed by atoms with Gasteiger partial charge in [0.25, 0.3) is 0 Å². The van der Waals surface area contributed by atoms with E-state index in [0.29, 0.717) is 0 Å². The van der Waals surface area contributed by atoms with Crippen LogP contribution in [-0.4, -0.2) is 16.9 Å². The summed E-state index contributed by atoms with van der Waals surface area (Å²) in [6, 6.07) is 12.7. The fourth-order valence-corrected chi connectivity index (χ4v) is 4.48. The minimum Gasteiger partial charge on any atom is -0.611 e. The van der Waals surface area contributed by atoms with Crippen LogP contribution in [-0.2, 0) is 24.0 Å². The Morgan fingerprint density at radius 1 is 1.00 bits per heavy atom. The molecule has 2 nitrogen and oxygen atoms in total. The molecule has 0 bridgehead atoms. The number of hydrogen-bond acceptors (Lipinski definition) is 2. The van der Waals surface area contributed by atoms with Gasteiger partial charge in [-0.1, -0.05) is 30.3 Å². The van der Waals surface area contributed by atoms with E-state index < -0.39 is 11.2 Å². The van der Waals surface area contributed by atoms with E-state index in [-0.39, 0.29) is 0 Å². The number of anilines is 1. The molecule has 4 rings (SSSR count). The van der Waals surface area contributed by atoms with E-state index in [1.54, 1.807) is 0 Å². The third-order valence-electron chi connectivity index (χ3n) is 4.05. The van der Waals surface area contributed by atoms with Crippen LogP contribution in [0.3, 0.4) is 0 Å². The Labute approximate surface area is 116 Å². The summed E-state index contributed by atoms with van der Waals surface area (Å²) in [6.07, 6.45) is 2.03. The molecular weight excluding hydrogens is 254 g/mol. The van der Waals surface area contributed by atoms with Crippen molar-refractivity contribution in [2.75, 3.05) is 17.6 Å². The first-order chi connectivity index (χ1) is 9.34. The van der Waals surface area contributed by atoms with Crippen molar-refractivity contribution in [2.24, 2.45) is 0 Å². The first-order valence-corrected chi connectivity index (χ1v) is 8.03. The lowest BCUT2D eigenvalue weighted by atomic mass is 9.95. The average Bonchev–Trinajstić information content (AvgIpc) is 3.05. The molecule has 2 aromatic rings. The van der Waals surface area contributed by atoms with Gasteiger partial charge in [0.05, 0.1) is 0 Å². The Morgan fingerprint density at radius 2 is 1.84 bits per heavy atom. The van der Waals surface area contributed by atoms with Crippen molar-refractivity contribution >= 4 is 16.9 Å². The maximum Gasteiger partial charge on any atom is 0.156 e. The molecule has 0 saturated heterocycles. The smallest absolute Gasteiger partial charge is 0.156 e. The zero-order valence-electron chi connectivity index (χ0n) is 10.6. The maximum absolute atomic E-state index is 12.0. The number of rotatable bonds is 1. The first-order valence-electron chi connectivity index (χ1n) is 6.71. The van der Waals surface area contributed by atoms with Gasteiger partial charge in [0.15, 0.2) is 4.90 Å². The van der Waals surface area contributed by atoms with Gasteiger partial charge in [-0.15, -0.1) is 0 Å².